The van der Waals surface area contributed by atoms with Crippen LogP contribution in [-0.4, -0.2) is 29.6 Å². The highest BCUT2D eigenvalue weighted by Gasteiger charge is 2.36. The number of thiophene rings is 1. The standard InChI is InChI=1S/C31H34N4OS/c1-20-11-16-26(21(2)18-20)32-31(36)35-19-25-24-8-5-6-10-28(24)37-30(25)34-17-7-9-27(34)29(35)22-12-14-23(15-13-22)33(3)4/h7,9,11-18,29H,5-6,8,10,19H2,1-4H3,(H,32,36). The normalized spacial score (nSPS) is 16.4. The third-order valence-electron chi connectivity index (χ3n) is 7.79. The number of benzene rings is 2. The van der Waals surface area contributed by atoms with Crippen LogP contribution in [0.15, 0.2) is 60.8 Å². The second-order valence-electron chi connectivity index (χ2n) is 10.6. The number of nitrogens with one attached hydrogen (secondary N) is 1. The highest BCUT2D eigenvalue weighted by atomic mass is 32.1. The van der Waals surface area contributed by atoms with Crippen LogP contribution < -0.4 is 10.2 Å². The summed E-state index contributed by atoms with van der Waals surface area (Å²) >= 11 is 1.92. The first-order chi connectivity index (χ1) is 17.9. The van der Waals surface area contributed by atoms with Gasteiger partial charge in [-0.2, -0.15) is 0 Å². The molecule has 1 unspecified atom stereocenters. The zero-order valence-electron chi connectivity index (χ0n) is 22.0. The molecule has 0 radical (unpaired) electrons. The maximum absolute atomic E-state index is 14.1. The van der Waals surface area contributed by atoms with Crippen LogP contribution in [0.2, 0.25) is 0 Å². The van der Waals surface area contributed by atoms with Crippen molar-refractivity contribution in [3.63, 3.8) is 0 Å². The molecule has 6 rings (SSSR count). The number of carbonyl (C=O) groups is 1. The van der Waals surface area contributed by atoms with Gasteiger partial charge in [-0.3, -0.25) is 0 Å². The van der Waals surface area contributed by atoms with Gasteiger partial charge in [0, 0.05) is 42.1 Å². The van der Waals surface area contributed by atoms with E-state index in [1.165, 1.54) is 39.4 Å². The molecule has 0 spiro atoms. The highest BCUT2D eigenvalue weighted by molar-refractivity contribution is 7.15. The Morgan fingerprint density at radius 2 is 1.78 bits per heavy atom. The first-order valence-corrected chi connectivity index (χ1v) is 14.0. The summed E-state index contributed by atoms with van der Waals surface area (Å²) in [5.74, 6) is 0. The number of anilines is 2. The Labute approximate surface area is 223 Å². The fraction of sp³-hybridized carbons (Fsp3) is 0.323. The van der Waals surface area contributed by atoms with Gasteiger partial charge in [-0.1, -0.05) is 29.8 Å². The molecule has 0 bridgehead atoms. The van der Waals surface area contributed by atoms with Gasteiger partial charge < -0.3 is 19.7 Å². The topological polar surface area (TPSA) is 40.5 Å². The van der Waals surface area contributed by atoms with Crippen molar-refractivity contribution in [3.05, 3.63) is 99.2 Å². The van der Waals surface area contributed by atoms with Gasteiger partial charge in [0.1, 0.15) is 5.00 Å². The number of nitrogens with zero attached hydrogens (tertiary/aromatic N) is 3. The molecular formula is C31H34N4OS. The van der Waals surface area contributed by atoms with Crippen LogP contribution in [-0.2, 0) is 19.4 Å². The highest BCUT2D eigenvalue weighted by Crippen LogP contribution is 2.44. The average molecular weight is 511 g/mol. The molecule has 3 heterocycles. The molecule has 2 aromatic carbocycles. The Morgan fingerprint density at radius 3 is 2.54 bits per heavy atom. The van der Waals surface area contributed by atoms with Crippen molar-refractivity contribution in [2.24, 2.45) is 0 Å². The van der Waals surface area contributed by atoms with Crippen LogP contribution >= 0.6 is 11.3 Å². The summed E-state index contributed by atoms with van der Waals surface area (Å²) in [6.07, 6.45) is 6.89. The van der Waals surface area contributed by atoms with Crippen molar-refractivity contribution in [3.8, 4) is 5.00 Å². The van der Waals surface area contributed by atoms with E-state index in [-0.39, 0.29) is 12.1 Å². The molecule has 190 valence electrons. The van der Waals surface area contributed by atoms with Gasteiger partial charge in [0.25, 0.3) is 0 Å². The average Bonchev–Trinajstić information content (AvgIpc) is 3.47. The SMILES string of the molecule is Cc1ccc(NC(=O)N2Cc3c(sc4c3CCCC4)-n3cccc3C2c2ccc(N(C)C)cc2)c(C)c1. The quantitative estimate of drug-likeness (QED) is 0.316. The lowest BCUT2D eigenvalue weighted by molar-refractivity contribution is 0.194. The predicted molar refractivity (Wildman–Crippen MR) is 153 cm³/mol. The molecule has 1 aliphatic heterocycles. The van der Waals surface area contributed by atoms with E-state index in [1.807, 2.05) is 22.3 Å². The third kappa shape index (κ3) is 4.23. The number of hydrogen-bond donors (Lipinski definition) is 1. The van der Waals surface area contributed by atoms with E-state index in [2.05, 4.69) is 97.5 Å². The van der Waals surface area contributed by atoms with E-state index < -0.39 is 0 Å². The minimum Gasteiger partial charge on any atom is -0.378 e. The molecule has 4 aromatic rings. The molecular weight excluding hydrogens is 476 g/mol. The second kappa shape index (κ2) is 9.42. The fourth-order valence-corrected chi connectivity index (χ4v) is 7.24. The first kappa shape index (κ1) is 23.9. The zero-order valence-corrected chi connectivity index (χ0v) is 22.9. The molecule has 0 fully saturated rings. The number of hydrogen-bond acceptors (Lipinski definition) is 3. The van der Waals surface area contributed by atoms with E-state index >= 15 is 0 Å². The van der Waals surface area contributed by atoms with Gasteiger partial charge in [-0.15, -0.1) is 11.3 Å². The Kier molecular flexibility index (Phi) is 6.07. The van der Waals surface area contributed by atoms with Crippen molar-refractivity contribution in [1.29, 1.82) is 0 Å². The van der Waals surface area contributed by atoms with E-state index in [1.54, 1.807) is 0 Å². The molecule has 1 atom stereocenters. The predicted octanol–water partition coefficient (Wildman–Crippen LogP) is 7.24. The lowest BCUT2D eigenvalue weighted by Gasteiger charge is -2.32. The van der Waals surface area contributed by atoms with E-state index in [0.717, 1.165) is 41.0 Å². The van der Waals surface area contributed by atoms with Crippen molar-refractivity contribution in [2.75, 3.05) is 24.3 Å². The number of amides is 2. The van der Waals surface area contributed by atoms with Crippen molar-refractivity contribution < 1.29 is 4.79 Å². The smallest absolute Gasteiger partial charge is 0.322 e. The number of aryl methyl sites for hydroxylation is 3. The number of carbonyl (C=O) groups excluding carboxylic acids is 1. The summed E-state index contributed by atoms with van der Waals surface area (Å²) in [7, 11) is 4.10. The van der Waals surface area contributed by atoms with Crippen LogP contribution in [0.1, 0.15) is 57.3 Å². The van der Waals surface area contributed by atoms with Gasteiger partial charge in [0.2, 0.25) is 0 Å². The van der Waals surface area contributed by atoms with Gasteiger partial charge in [0.15, 0.2) is 0 Å². The molecule has 2 aromatic heterocycles. The minimum absolute atomic E-state index is 0.0648. The van der Waals surface area contributed by atoms with Gasteiger partial charge in [-0.05, 0) is 86.6 Å². The summed E-state index contributed by atoms with van der Waals surface area (Å²) in [5.41, 5.74) is 9.32. The Morgan fingerprint density at radius 1 is 1.00 bits per heavy atom. The third-order valence-corrected chi connectivity index (χ3v) is 9.12. The zero-order chi connectivity index (χ0) is 25.7. The van der Waals surface area contributed by atoms with Crippen molar-refractivity contribution in [1.82, 2.24) is 9.47 Å². The van der Waals surface area contributed by atoms with Gasteiger partial charge in [0.05, 0.1) is 18.3 Å². The van der Waals surface area contributed by atoms with Crippen LogP contribution in [0.5, 0.6) is 0 Å². The lowest BCUT2D eigenvalue weighted by Crippen LogP contribution is -2.38. The molecule has 0 saturated heterocycles. The Balaban J connectivity index is 1.48. The van der Waals surface area contributed by atoms with Crippen LogP contribution in [0, 0.1) is 13.8 Å². The number of urea groups is 1. The van der Waals surface area contributed by atoms with Gasteiger partial charge in [-0.25, -0.2) is 4.79 Å². The maximum Gasteiger partial charge on any atom is 0.322 e. The van der Waals surface area contributed by atoms with E-state index in [0.29, 0.717) is 6.54 Å². The van der Waals surface area contributed by atoms with Crippen LogP contribution in [0.4, 0.5) is 16.2 Å². The van der Waals surface area contributed by atoms with Gasteiger partial charge >= 0.3 is 6.03 Å². The molecule has 5 nitrogen and oxygen atoms in total. The lowest BCUT2D eigenvalue weighted by atomic mass is 9.95. The Bertz CT molecular complexity index is 1460. The summed E-state index contributed by atoms with van der Waals surface area (Å²) in [6, 6.07) is 18.8. The monoisotopic (exact) mass is 510 g/mol. The van der Waals surface area contributed by atoms with E-state index in [9.17, 15) is 4.79 Å². The van der Waals surface area contributed by atoms with Crippen LogP contribution in [0.25, 0.3) is 5.00 Å². The Hall–Kier alpha value is -3.51. The largest absolute Gasteiger partial charge is 0.378 e. The summed E-state index contributed by atoms with van der Waals surface area (Å²) < 4.78 is 2.34. The summed E-state index contributed by atoms with van der Waals surface area (Å²) in [6.45, 7) is 4.73. The molecule has 37 heavy (non-hydrogen) atoms. The molecule has 2 aliphatic rings. The summed E-state index contributed by atoms with van der Waals surface area (Å²) in [5, 5.41) is 4.54. The van der Waals surface area contributed by atoms with Crippen molar-refractivity contribution >= 4 is 28.7 Å². The van der Waals surface area contributed by atoms with Crippen molar-refractivity contribution in [2.45, 2.75) is 52.1 Å². The summed E-state index contributed by atoms with van der Waals surface area (Å²) in [4.78, 5) is 19.8. The molecule has 0 saturated carbocycles. The second-order valence-corrected chi connectivity index (χ2v) is 11.6. The van der Waals surface area contributed by atoms with E-state index in [4.69, 9.17) is 0 Å². The first-order valence-electron chi connectivity index (χ1n) is 13.1. The fourth-order valence-electron chi connectivity index (χ4n) is 5.83. The molecule has 6 heteroatoms. The molecule has 1 aliphatic carbocycles. The number of aromatic nitrogens is 1. The number of rotatable bonds is 3. The number of fused-ring (bicyclic) bond motifs is 5. The van der Waals surface area contributed by atoms with Crippen LogP contribution in [0.3, 0.4) is 0 Å². The molecule has 2 amide bonds. The minimum atomic E-state index is -0.198. The molecule has 1 N–H and O–H groups in total. The maximum atomic E-state index is 14.1.